The van der Waals surface area contributed by atoms with Gasteiger partial charge in [0.25, 0.3) is 5.91 Å². The molecule has 0 spiro atoms. The van der Waals surface area contributed by atoms with E-state index in [2.05, 4.69) is 10.3 Å². The predicted octanol–water partition coefficient (Wildman–Crippen LogP) is 1.84. The van der Waals surface area contributed by atoms with Crippen LogP contribution < -0.4 is 5.32 Å². The van der Waals surface area contributed by atoms with Gasteiger partial charge in [0.15, 0.2) is 0 Å². The van der Waals surface area contributed by atoms with Crippen LogP contribution >= 0.6 is 0 Å². The second-order valence-corrected chi connectivity index (χ2v) is 8.44. The fraction of sp³-hybridized carbons (Fsp3) is 0.500. The monoisotopic (exact) mass is 438 g/mol. The van der Waals surface area contributed by atoms with Crippen molar-refractivity contribution in [3.05, 3.63) is 42.2 Å². The Morgan fingerprint density at radius 1 is 1.12 bits per heavy atom. The number of hydrogen-bond acceptors (Lipinski definition) is 5. The number of benzene rings is 1. The zero-order chi connectivity index (χ0) is 22.5. The maximum absolute atomic E-state index is 13.5. The third-order valence-corrected chi connectivity index (χ3v) is 6.51. The molecule has 0 unspecified atom stereocenters. The van der Waals surface area contributed by atoms with Crippen LogP contribution in [0.15, 0.2) is 36.5 Å². The van der Waals surface area contributed by atoms with E-state index in [9.17, 15) is 14.4 Å². The Morgan fingerprint density at radius 3 is 2.78 bits per heavy atom. The molecule has 0 bridgehead atoms. The molecule has 2 atom stereocenters. The Kier molecular flexibility index (Phi) is 6.99. The predicted molar refractivity (Wildman–Crippen MR) is 120 cm³/mol. The number of nitrogens with zero attached hydrogens (tertiary/aromatic N) is 3. The lowest BCUT2D eigenvalue weighted by Gasteiger charge is -2.41. The van der Waals surface area contributed by atoms with Gasteiger partial charge in [-0.1, -0.05) is 37.1 Å². The van der Waals surface area contributed by atoms with Crippen LogP contribution in [-0.4, -0.2) is 78.4 Å². The van der Waals surface area contributed by atoms with Gasteiger partial charge in [-0.25, -0.2) is 0 Å². The first-order valence-electron chi connectivity index (χ1n) is 11.3. The highest BCUT2D eigenvalue weighted by atomic mass is 16.5. The molecule has 2 aliphatic rings. The Hall–Kier alpha value is -3.00. The van der Waals surface area contributed by atoms with Crippen LogP contribution in [0.25, 0.3) is 10.8 Å². The number of rotatable bonds is 3. The Bertz CT molecular complexity index is 990. The molecular formula is C24H30N4O4. The first-order valence-corrected chi connectivity index (χ1v) is 11.3. The van der Waals surface area contributed by atoms with E-state index in [1.54, 1.807) is 16.0 Å². The number of methoxy groups -OCH3 is 1. The van der Waals surface area contributed by atoms with E-state index >= 15 is 0 Å². The molecule has 1 aliphatic heterocycles. The van der Waals surface area contributed by atoms with E-state index in [0.717, 1.165) is 36.5 Å². The van der Waals surface area contributed by atoms with Crippen LogP contribution in [0.2, 0.25) is 0 Å². The van der Waals surface area contributed by atoms with Crippen molar-refractivity contribution in [3.8, 4) is 0 Å². The third kappa shape index (κ3) is 4.60. The SMILES string of the molecule is COCC(=O)N1CCN(C(=O)c2nccc3ccccc23)CCNC(=O)[C@H]2CCCC[C@H]21. The number of aromatic nitrogens is 1. The number of hydrogen-bond donors (Lipinski definition) is 1. The van der Waals surface area contributed by atoms with Crippen molar-refractivity contribution in [2.75, 3.05) is 39.9 Å². The Balaban J connectivity index is 1.61. The molecule has 8 heteroatoms. The van der Waals surface area contributed by atoms with E-state index in [1.165, 1.54) is 7.11 Å². The summed E-state index contributed by atoms with van der Waals surface area (Å²) >= 11 is 0. The molecule has 1 saturated carbocycles. The van der Waals surface area contributed by atoms with E-state index in [0.29, 0.717) is 31.9 Å². The quantitative estimate of drug-likeness (QED) is 0.790. The van der Waals surface area contributed by atoms with Gasteiger partial charge in [-0.15, -0.1) is 0 Å². The summed E-state index contributed by atoms with van der Waals surface area (Å²) in [5.74, 6) is -0.599. The van der Waals surface area contributed by atoms with Gasteiger partial charge in [0.05, 0.1) is 5.92 Å². The van der Waals surface area contributed by atoms with Crippen LogP contribution in [0, 0.1) is 5.92 Å². The Labute approximate surface area is 187 Å². The average molecular weight is 439 g/mol. The second-order valence-electron chi connectivity index (χ2n) is 8.44. The van der Waals surface area contributed by atoms with Crippen molar-refractivity contribution >= 4 is 28.5 Å². The van der Waals surface area contributed by atoms with Gasteiger partial charge in [-0.2, -0.15) is 0 Å². The highest BCUT2D eigenvalue weighted by molar-refractivity contribution is 6.05. The minimum Gasteiger partial charge on any atom is -0.375 e. The van der Waals surface area contributed by atoms with Crippen molar-refractivity contribution in [3.63, 3.8) is 0 Å². The minimum absolute atomic E-state index is 0.0380. The molecule has 8 nitrogen and oxygen atoms in total. The van der Waals surface area contributed by atoms with Crippen molar-refractivity contribution < 1.29 is 19.1 Å². The summed E-state index contributed by atoms with van der Waals surface area (Å²) in [7, 11) is 1.49. The van der Waals surface area contributed by atoms with Crippen LogP contribution in [0.3, 0.4) is 0 Å². The molecule has 1 aromatic heterocycles. The molecule has 1 aromatic carbocycles. The van der Waals surface area contributed by atoms with Gasteiger partial charge in [0.2, 0.25) is 11.8 Å². The van der Waals surface area contributed by atoms with Gasteiger partial charge < -0.3 is 19.9 Å². The molecule has 32 heavy (non-hydrogen) atoms. The van der Waals surface area contributed by atoms with Crippen molar-refractivity contribution in [2.24, 2.45) is 5.92 Å². The molecule has 170 valence electrons. The summed E-state index contributed by atoms with van der Waals surface area (Å²) < 4.78 is 5.10. The fourth-order valence-corrected chi connectivity index (χ4v) is 4.90. The zero-order valence-electron chi connectivity index (χ0n) is 18.5. The van der Waals surface area contributed by atoms with Crippen LogP contribution in [0.1, 0.15) is 36.2 Å². The summed E-state index contributed by atoms with van der Waals surface area (Å²) in [5.41, 5.74) is 0.386. The number of amides is 3. The molecule has 2 heterocycles. The maximum atomic E-state index is 13.5. The van der Waals surface area contributed by atoms with Gasteiger partial charge in [-0.3, -0.25) is 19.4 Å². The minimum atomic E-state index is -0.216. The largest absolute Gasteiger partial charge is 0.375 e. The molecule has 2 aromatic rings. The third-order valence-electron chi connectivity index (χ3n) is 6.51. The van der Waals surface area contributed by atoms with E-state index in [4.69, 9.17) is 4.74 Å². The Morgan fingerprint density at radius 2 is 1.94 bits per heavy atom. The first kappa shape index (κ1) is 22.2. The van der Waals surface area contributed by atoms with Crippen LogP contribution in [-0.2, 0) is 14.3 Å². The van der Waals surface area contributed by atoms with Gasteiger partial charge in [0.1, 0.15) is 12.3 Å². The number of fused-ring (bicyclic) bond motifs is 2. The van der Waals surface area contributed by atoms with Gasteiger partial charge in [-0.05, 0) is 24.3 Å². The number of nitrogens with one attached hydrogen (secondary N) is 1. The van der Waals surface area contributed by atoms with Crippen molar-refractivity contribution in [2.45, 2.75) is 31.7 Å². The lowest BCUT2D eigenvalue weighted by Crippen LogP contribution is -2.56. The molecule has 2 fully saturated rings. The number of carbonyl (C=O) groups is 3. The molecule has 0 radical (unpaired) electrons. The van der Waals surface area contributed by atoms with E-state index in [1.807, 2.05) is 30.3 Å². The van der Waals surface area contributed by atoms with E-state index < -0.39 is 0 Å². The van der Waals surface area contributed by atoms with Gasteiger partial charge >= 0.3 is 0 Å². The number of carbonyl (C=O) groups excluding carboxylic acids is 3. The molecular weight excluding hydrogens is 408 g/mol. The lowest BCUT2D eigenvalue weighted by atomic mass is 9.82. The molecule has 4 rings (SSSR count). The highest BCUT2D eigenvalue weighted by Gasteiger charge is 2.38. The highest BCUT2D eigenvalue weighted by Crippen LogP contribution is 2.29. The van der Waals surface area contributed by atoms with Gasteiger partial charge in [0, 0.05) is 50.9 Å². The van der Waals surface area contributed by atoms with Crippen molar-refractivity contribution in [1.29, 1.82) is 0 Å². The van der Waals surface area contributed by atoms with Crippen molar-refractivity contribution in [1.82, 2.24) is 20.1 Å². The normalized spacial score (nSPS) is 22.2. The summed E-state index contributed by atoms with van der Waals surface area (Å²) in [4.78, 5) is 47.1. The summed E-state index contributed by atoms with van der Waals surface area (Å²) in [6.45, 7) is 1.44. The standard InChI is InChI=1S/C24H30N4O4/c1-32-16-21(29)28-15-14-27(13-12-26-23(30)19-8-4-5-9-20(19)28)24(31)22-18-7-3-2-6-17(18)10-11-25-22/h2-3,6-7,10-11,19-20H,4-5,8-9,12-16H2,1H3,(H,26,30)/t19-,20+/m0/s1. The topological polar surface area (TPSA) is 91.8 Å². The summed E-state index contributed by atoms with van der Waals surface area (Å²) in [6, 6.07) is 9.36. The average Bonchev–Trinajstić information content (AvgIpc) is 2.82. The first-order chi connectivity index (χ1) is 15.6. The van der Waals surface area contributed by atoms with Crippen LogP contribution in [0.5, 0.6) is 0 Å². The summed E-state index contributed by atoms with van der Waals surface area (Å²) in [5, 5.41) is 4.73. The molecule has 1 aliphatic carbocycles. The lowest BCUT2D eigenvalue weighted by molar-refractivity contribution is -0.142. The van der Waals surface area contributed by atoms with E-state index in [-0.39, 0.29) is 36.3 Å². The molecule has 1 saturated heterocycles. The number of pyridine rings is 1. The molecule has 1 N–H and O–H groups in total. The van der Waals surface area contributed by atoms with Crippen LogP contribution in [0.4, 0.5) is 0 Å². The maximum Gasteiger partial charge on any atom is 0.273 e. The zero-order valence-corrected chi connectivity index (χ0v) is 18.5. The number of ether oxygens (including phenoxy) is 1. The summed E-state index contributed by atoms with van der Waals surface area (Å²) in [6.07, 6.45) is 5.16. The smallest absolute Gasteiger partial charge is 0.273 e. The fourth-order valence-electron chi connectivity index (χ4n) is 4.90. The second kappa shape index (κ2) is 10.1. The molecule has 3 amide bonds.